The van der Waals surface area contributed by atoms with Crippen molar-refractivity contribution in [3.8, 4) is 0 Å². The number of halogens is 1. The predicted molar refractivity (Wildman–Crippen MR) is 91.6 cm³/mol. The lowest BCUT2D eigenvalue weighted by atomic mass is 10.1. The van der Waals surface area contributed by atoms with Gasteiger partial charge < -0.3 is 10.2 Å². The van der Waals surface area contributed by atoms with Gasteiger partial charge in [0.05, 0.1) is 11.6 Å². The molecule has 24 heavy (non-hydrogen) atoms. The van der Waals surface area contributed by atoms with Crippen molar-refractivity contribution < 1.29 is 14.0 Å². The average molecular weight is 349 g/mol. The molecule has 5 nitrogen and oxygen atoms in total. The van der Waals surface area contributed by atoms with Gasteiger partial charge in [-0.15, -0.1) is 11.3 Å². The van der Waals surface area contributed by atoms with Gasteiger partial charge in [-0.25, -0.2) is 9.37 Å². The molecule has 0 saturated carbocycles. The fourth-order valence-electron chi connectivity index (χ4n) is 2.21. The molecule has 0 unspecified atom stereocenters. The summed E-state index contributed by atoms with van der Waals surface area (Å²) in [6.45, 7) is 4.57. The first-order chi connectivity index (χ1) is 11.5. The number of nitrogens with one attached hydrogen (secondary N) is 1. The number of nitrogens with zero attached hydrogens (tertiary/aromatic N) is 2. The molecule has 2 rings (SSSR count). The molecular formula is C17H20FN3O2S. The number of carbonyl (C=O) groups excluding carboxylic acids is 2. The van der Waals surface area contributed by atoms with Gasteiger partial charge in [-0.2, -0.15) is 0 Å². The number of aromatic nitrogens is 1. The number of hydrogen-bond acceptors (Lipinski definition) is 4. The Morgan fingerprint density at radius 1 is 1.29 bits per heavy atom. The van der Waals surface area contributed by atoms with Crippen LogP contribution in [-0.2, 0) is 11.2 Å². The first-order valence-electron chi connectivity index (χ1n) is 7.78. The Bertz CT molecular complexity index is 717. The maximum Gasteiger partial charge on any atom is 0.273 e. The number of likely N-dealkylation sites (N-methyl/N-ethyl adjacent to an activating group) is 2. The Labute approximate surface area is 144 Å². The molecule has 1 aromatic carbocycles. The van der Waals surface area contributed by atoms with E-state index in [1.807, 2.05) is 13.8 Å². The molecule has 1 aromatic heterocycles. The fraction of sp³-hybridized carbons (Fsp3) is 0.353. The number of carbonyl (C=O) groups is 2. The molecule has 0 aliphatic heterocycles. The molecule has 0 radical (unpaired) electrons. The Balaban J connectivity index is 2.07. The van der Waals surface area contributed by atoms with Gasteiger partial charge in [0.15, 0.2) is 0 Å². The number of benzene rings is 1. The average Bonchev–Trinajstić information content (AvgIpc) is 3.03. The van der Waals surface area contributed by atoms with Crippen molar-refractivity contribution in [1.82, 2.24) is 15.2 Å². The summed E-state index contributed by atoms with van der Waals surface area (Å²) in [6.07, 6.45) is 0.340. The Morgan fingerprint density at radius 3 is 2.71 bits per heavy atom. The van der Waals surface area contributed by atoms with E-state index < -0.39 is 0 Å². The van der Waals surface area contributed by atoms with E-state index in [2.05, 4.69) is 10.3 Å². The molecule has 0 fully saturated rings. The zero-order valence-corrected chi connectivity index (χ0v) is 14.5. The molecule has 0 aliphatic rings. The number of amides is 2. The van der Waals surface area contributed by atoms with Crippen LogP contribution in [0.4, 0.5) is 4.39 Å². The molecule has 1 heterocycles. The normalized spacial score (nSPS) is 10.5. The zero-order valence-electron chi connectivity index (χ0n) is 13.7. The van der Waals surface area contributed by atoms with Crippen LogP contribution in [0.3, 0.4) is 0 Å². The summed E-state index contributed by atoms with van der Waals surface area (Å²) in [5.74, 6) is -0.777. The van der Waals surface area contributed by atoms with Crippen molar-refractivity contribution in [2.75, 3.05) is 19.6 Å². The highest BCUT2D eigenvalue weighted by Crippen LogP contribution is 2.18. The molecular weight excluding hydrogens is 329 g/mol. The highest BCUT2D eigenvalue weighted by Gasteiger charge is 2.20. The summed E-state index contributed by atoms with van der Waals surface area (Å²) in [7, 11) is 0. The lowest BCUT2D eigenvalue weighted by molar-refractivity contribution is -0.121. The quantitative estimate of drug-likeness (QED) is 0.835. The van der Waals surface area contributed by atoms with Gasteiger partial charge >= 0.3 is 0 Å². The third-order valence-corrected chi connectivity index (χ3v) is 4.30. The van der Waals surface area contributed by atoms with Gasteiger partial charge in [-0.05, 0) is 25.5 Å². The highest BCUT2D eigenvalue weighted by atomic mass is 32.1. The number of hydrogen-bond donors (Lipinski definition) is 1. The van der Waals surface area contributed by atoms with Gasteiger partial charge in [-0.3, -0.25) is 9.59 Å². The lowest BCUT2D eigenvalue weighted by Gasteiger charge is -2.18. The second-order valence-corrected chi connectivity index (χ2v) is 6.11. The standard InChI is InChI=1S/C17H20FN3O2S/c1-3-19-15(22)10-21(4-2)17(23)14-11-24-16(20-14)9-12-7-5-6-8-13(12)18/h5-8,11H,3-4,9-10H2,1-2H3,(H,19,22). The Hall–Kier alpha value is -2.28. The second kappa shape index (κ2) is 8.54. The van der Waals surface area contributed by atoms with Crippen molar-refractivity contribution in [2.45, 2.75) is 20.3 Å². The molecule has 0 spiro atoms. The van der Waals surface area contributed by atoms with Crippen LogP contribution in [-0.4, -0.2) is 41.3 Å². The van der Waals surface area contributed by atoms with Crippen LogP contribution >= 0.6 is 11.3 Å². The van der Waals surface area contributed by atoms with Crippen LogP contribution in [0.2, 0.25) is 0 Å². The van der Waals surface area contributed by atoms with Crippen molar-refractivity contribution >= 4 is 23.2 Å². The van der Waals surface area contributed by atoms with Gasteiger partial charge in [0, 0.05) is 24.9 Å². The van der Waals surface area contributed by atoms with E-state index in [9.17, 15) is 14.0 Å². The monoisotopic (exact) mass is 349 g/mol. The van der Waals surface area contributed by atoms with E-state index in [0.29, 0.717) is 30.1 Å². The van der Waals surface area contributed by atoms with E-state index in [1.54, 1.807) is 23.6 Å². The van der Waals surface area contributed by atoms with E-state index in [4.69, 9.17) is 0 Å². The van der Waals surface area contributed by atoms with Gasteiger partial charge in [0.2, 0.25) is 5.91 Å². The largest absolute Gasteiger partial charge is 0.355 e. The molecule has 1 N–H and O–H groups in total. The summed E-state index contributed by atoms with van der Waals surface area (Å²) >= 11 is 1.31. The van der Waals surface area contributed by atoms with Gasteiger partial charge in [0.1, 0.15) is 11.5 Å². The molecule has 0 atom stereocenters. The Morgan fingerprint density at radius 2 is 2.04 bits per heavy atom. The minimum atomic E-state index is -0.292. The van der Waals surface area contributed by atoms with E-state index in [1.165, 1.54) is 22.3 Å². The first kappa shape index (κ1) is 18.1. The van der Waals surface area contributed by atoms with E-state index >= 15 is 0 Å². The van der Waals surface area contributed by atoms with Crippen LogP contribution in [0.15, 0.2) is 29.6 Å². The van der Waals surface area contributed by atoms with Crippen LogP contribution < -0.4 is 5.32 Å². The highest BCUT2D eigenvalue weighted by molar-refractivity contribution is 7.09. The summed E-state index contributed by atoms with van der Waals surface area (Å²) in [5.41, 5.74) is 0.831. The van der Waals surface area contributed by atoms with Crippen molar-refractivity contribution in [2.24, 2.45) is 0 Å². The molecule has 0 aliphatic carbocycles. The summed E-state index contributed by atoms with van der Waals surface area (Å²) < 4.78 is 13.7. The van der Waals surface area contributed by atoms with Crippen LogP contribution in [0, 0.1) is 5.82 Å². The van der Waals surface area contributed by atoms with Crippen molar-refractivity contribution in [3.63, 3.8) is 0 Å². The van der Waals surface area contributed by atoms with E-state index in [-0.39, 0.29) is 29.9 Å². The van der Waals surface area contributed by atoms with Crippen LogP contribution in [0.1, 0.15) is 34.9 Å². The van der Waals surface area contributed by atoms with Crippen LogP contribution in [0.5, 0.6) is 0 Å². The molecule has 128 valence electrons. The lowest BCUT2D eigenvalue weighted by Crippen LogP contribution is -2.40. The van der Waals surface area contributed by atoms with Crippen LogP contribution in [0.25, 0.3) is 0 Å². The van der Waals surface area contributed by atoms with Gasteiger partial charge in [0.25, 0.3) is 5.91 Å². The molecule has 2 aromatic rings. The molecule has 0 bridgehead atoms. The smallest absolute Gasteiger partial charge is 0.273 e. The van der Waals surface area contributed by atoms with E-state index in [0.717, 1.165) is 0 Å². The summed E-state index contributed by atoms with van der Waals surface area (Å²) in [6, 6.07) is 6.51. The molecule has 2 amide bonds. The first-order valence-corrected chi connectivity index (χ1v) is 8.66. The maximum atomic E-state index is 13.7. The molecule has 7 heteroatoms. The predicted octanol–water partition coefficient (Wildman–Crippen LogP) is 2.47. The summed E-state index contributed by atoms with van der Waals surface area (Å²) in [5, 5.41) is 4.98. The second-order valence-electron chi connectivity index (χ2n) is 5.17. The number of rotatable bonds is 7. The molecule has 0 saturated heterocycles. The van der Waals surface area contributed by atoms with Crippen molar-refractivity contribution in [1.29, 1.82) is 0 Å². The Kier molecular flexibility index (Phi) is 6.43. The minimum absolute atomic E-state index is 0.00332. The number of thiazole rings is 1. The zero-order chi connectivity index (χ0) is 17.5. The third-order valence-electron chi connectivity index (χ3n) is 3.45. The fourth-order valence-corrected chi connectivity index (χ4v) is 3.00. The minimum Gasteiger partial charge on any atom is -0.355 e. The maximum absolute atomic E-state index is 13.7. The topological polar surface area (TPSA) is 62.3 Å². The SMILES string of the molecule is CCNC(=O)CN(CC)C(=O)c1csc(Cc2ccccc2F)n1. The van der Waals surface area contributed by atoms with Gasteiger partial charge in [-0.1, -0.05) is 18.2 Å². The third kappa shape index (κ3) is 4.61. The summed E-state index contributed by atoms with van der Waals surface area (Å²) in [4.78, 5) is 29.9. The van der Waals surface area contributed by atoms with Crippen molar-refractivity contribution in [3.05, 3.63) is 51.7 Å².